The van der Waals surface area contributed by atoms with Gasteiger partial charge in [-0.1, -0.05) is 29.3 Å². The van der Waals surface area contributed by atoms with Gasteiger partial charge in [-0.25, -0.2) is 8.70 Å². The van der Waals surface area contributed by atoms with Crippen LogP contribution in [0.4, 0.5) is 10.1 Å². The van der Waals surface area contributed by atoms with Crippen molar-refractivity contribution in [2.75, 3.05) is 31.5 Å². The lowest BCUT2D eigenvalue weighted by Gasteiger charge is -2.32. The van der Waals surface area contributed by atoms with E-state index in [2.05, 4.69) is 5.32 Å². The maximum Gasteiger partial charge on any atom is 0.304 e. The third kappa shape index (κ3) is 6.82. The Balaban J connectivity index is 2.46. The van der Waals surface area contributed by atoms with Crippen molar-refractivity contribution in [2.45, 2.75) is 26.4 Å². The number of carbonyl (C=O) groups is 2. The Morgan fingerprint density at radius 3 is 2.21 bits per heavy atom. The summed E-state index contributed by atoms with van der Waals surface area (Å²) in [6, 6.07) is 8.61. The highest BCUT2D eigenvalue weighted by atomic mass is 35.5. The lowest BCUT2D eigenvalue weighted by Crippen LogP contribution is -2.52. The van der Waals surface area contributed by atoms with E-state index in [0.717, 1.165) is 20.7 Å². The van der Waals surface area contributed by atoms with Gasteiger partial charge in [-0.05, 0) is 55.8 Å². The van der Waals surface area contributed by atoms with Crippen molar-refractivity contribution < 1.29 is 22.4 Å². The SMILES string of the molecule is CCNC(=O)[C@@H](C)N(Cc1ccc(Cl)c(Cl)c1)C(=O)CN(c1ccc(F)cc1)S(=O)(=O)N(C)C. The molecule has 0 heterocycles. The number of nitrogens with one attached hydrogen (secondary N) is 1. The van der Waals surface area contributed by atoms with Gasteiger partial charge in [-0.15, -0.1) is 0 Å². The van der Waals surface area contributed by atoms with Gasteiger partial charge in [0, 0.05) is 27.2 Å². The van der Waals surface area contributed by atoms with Crippen LogP contribution in [0.25, 0.3) is 0 Å². The average molecular weight is 533 g/mol. The Bertz CT molecular complexity index is 1130. The van der Waals surface area contributed by atoms with E-state index in [1.54, 1.807) is 32.0 Å². The number of nitrogens with zero attached hydrogens (tertiary/aromatic N) is 3. The molecular formula is C22H27Cl2FN4O4S. The summed E-state index contributed by atoms with van der Waals surface area (Å²) in [6.45, 7) is 3.01. The highest BCUT2D eigenvalue weighted by Gasteiger charge is 2.32. The number of anilines is 1. The fourth-order valence-electron chi connectivity index (χ4n) is 3.06. The topological polar surface area (TPSA) is 90.0 Å². The Morgan fingerprint density at radius 1 is 1.06 bits per heavy atom. The molecule has 34 heavy (non-hydrogen) atoms. The lowest BCUT2D eigenvalue weighted by molar-refractivity contribution is -0.139. The van der Waals surface area contributed by atoms with Crippen LogP contribution in [0, 0.1) is 5.82 Å². The molecule has 8 nitrogen and oxygen atoms in total. The van der Waals surface area contributed by atoms with Crippen LogP contribution in [-0.2, 0) is 26.3 Å². The maximum absolute atomic E-state index is 13.5. The van der Waals surface area contributed by atoms with Gasteiger partial charge in [-0.3, -0.25) is 9.59 Å². The quantitative estimate of drug-likeness (QED) is 0.508. The summed E-state index contributed by atoms with van der Waals surface area (Å²) in [6.07, 6.45) is 0. The molecule has 0 unspecified atom stereocenters. The van der Waals surface area contributed by atoms with Crippen LogP contribution in [0.2, 0.25) is 10.0 Å². The van der Waals surface area contributed by atoms with Crippen LogP contribution in [0.1, 0.15) is 19.4 Å². The number of halogens is 3. The van der Waals surface area contributed by atoms with Gasteiger partial charge in [0.2, 0.25) is 11.8 Å². The first-order valence-corrected chi connectivity index (χ1v) is 12.5. The van der Waals surface area contributed by atoms with Crippen molar-refractivity contribution in [2.24, 2.45) is 0 Å². The van der Waals surface area contributed by atoms with E-state index < -0.39 is 40.4 Å². The van der Waals surface area contributed by atoms with Crippen LogP contribution in [0.15, 0.2) is 42.5 Å². The number of rotatable bonds is 10. The normalized spacial score (nSPS) is 12.4. The van der Waals surface area contributed by atoms with Gasteiger partial charge in [0.1, 0.15) is 18.4 Å². The third-order valence-electron chi connectivity index (χ3n) is 4.99. The van der Waals surface area contributed by atoms with Gasteiger partial charge in [-0.2, -0.15) is 12.7 Å². The second kappa shape index (κ2) is 11.8. The summed E-state index contributed by atoms with van der Waals surface area (Å²) in [5.74, 6) is -1.59. The van der Waals surface area contributed by atoms with Gasteiger partial charge in [0.05, 0.1) is 15.7 Å². The first-order chi connectivity index (χ1) is 15.9. The fraction of sp³-hybridized carbons (Fsp3) is 0.364. The monoisotopic (exact) mass is 532 g/mol. The van der Waals surface area contributed by atoms with Crippen molar-refractivity contribution in [1.82, 2.24) is 14.5 Å². The van der Waals surface area contributed by atoms with Gasteiger partial charge in [0.15, 0.2) is 0 Å². The largest absolute Gasteiger partial charge is 0.355 e. The third-order valence-corrected chi connectivity index (χ3v) is 7.55. The Morgan fingerprint density at radius 2 is 1.68 bits per heavy atom. The molecule has 0 aliphatic heterocycles. The number of hydrogen-bond acceptors (Lipinski definition) is 4. The van der Waals surface area contributed by atoms with Crippen molar-refractivity contribution >= 4 is 50.9 Å². The highest BCUT2D eigenvalue weighted by Crippen LogP contribution is 2.25. The minimum atomic E-state index is -4.12. The predicted molar refractivity (Wildman–Crippen MR) is 132 cm³/mol. The summed E-state index contributed by atoms with van der Waals surface area (Å²) in [4.78, 5) is 27.3. The standard InChI is InChI=1S/C22H27Cl2FN4O4S/c1-5-26-22(31)15(2)28(13-16-6-11-19(23)20(24)12-16)21(30)14-29(34(32,33)27(3)4)18-9-7-17(25)8-10-18/h6-12,15H,5,13-14H2,1-4H3,(H,26,31)/t15-/m1/s1. The second-order valence-corrected chi connectivity index (χ2v) is 10.5. The zero-order valence-electron chi connectivity index (χ0n) is 19.3. The van der Waals surface area contributed by atoms with Crippen molar-refractivity contribution in [3.8, 4) is 0 Å². The molecule has 2 amide bonds. The number of benzene rings is 2. The Kier molecular flexibility index (Phi) is 9.69. The smallest absolute Gasteiger partial charge is 0.304 e. The van der Waals surface area contributed by atoms with E-state index in [1.165, 1.54) is 31.1 Å². The zero-order valence-corrected chi connectivity index (χ0v) is 21.6. The molecule has 0 fully saturated rings. The minimum absolute atomic E-state index is 0.0205. The number of hydrogen-bond donors (Lipinski definition) is 1. The van der Waals surface area contributed by atoms with Crippen molar-refractivity contribution in [3.63, 3.8) is 0 Å². The molecule has 0 spiro atoms. The molecule has 0 aliphatic rings. The van der Waals surface area contributed by atoms with Crippen LogP contribution < -0.4 is 9.62 Å². The fourth-order valence-corrected chi connectivity index (χ4v) is 4.44. The molecule has 1 atom stereocenters. The van der Waals surface area contributed by atoms with Crippen LogP contribution in [-0.4, -0.2) is 62.7 Å². The molecule has 2 aromatic rings. The van der Waals surface area contributed by atoms with Crippen LogP contribution >= 0.6 is 23.2 Å². The minimum Gasteiger partial charge on any atom is -0.355 e. The lowest BCUT2D eigenvalue weighted by atomic mass is 10.1. The molecule has 2 rings (SSSR count). The molecule has 186 valence electrons. The number of carbonyl (C=O) groups excluding carboxylic acids is 2. The van der Waals surface area contributed by atoms with E-state index in [4.69, 9.17) is 23.2 Å². The first-order valence-electron chi connectivity index (χ1n) is 10.3. The summed E-state index contributed by atoms with van der Waals surface area (Å²) < 4.78 is 41.2. The summed E-state index contributed by atoms with van der Waals surface area (Å²) in [7, 11) is -1.48. The van der Waals surface area contributed by atoms with Crippen molar-refractivity contribution in [3.05, 3.63) is 63.9 Å². The molecule has 0 aromatic heterocycles. The number of amides is 2. The van der Waals surface area contributed by atoms with Gasteiger partial charge in [0.25, 0.3) is 0 Å². The Hall–Kier alpha value is -2.40. The first kappa shape index (κ1) is 27.8. The molecule has 1 N–H and O–H groups in total. The summed E-state index contributed by atoms with van der Waals surface area (Å²) in [5.41, 5.74) is 0.700. The highest BCUT2D eigenvalue weighted by molar-refractivity contribution is 7.90. The Labute approximate surface area is 209 Å². The van der Waals surface area contributed by atoms with E-state index in [1.807, 2.05) is 0 Å². The maximum atomic E-state index is 13.5. The molecule has 0 aliphatic carbocycles. The molecule has 0 bridgehead atoms. The molecular weight excluding hydrogens is 506 g/mol. The molecule has 12 heteroatoms. The summed E-state index contributed by atoms with van der Waals surface area (Å²) >= 11 is 12.1. The van der Waals surface area contributed by atoms with Crippen LogP contribution in [0.5, 0.6) is 0 Å². The zero-order chi connectivity index (χ0) is 25.6. The van der Waals surface area contributed by atoms with Crippen molar-refractivity contribution in [1.29, 1.82) is 0 Å². The van der Waals surface area contributed by atoms with E-state index >= 15 is 0 Å². The van der Waals surface area contributed by atoms with E-state index in [-0.39, 0.29) is 17.3 Å². The van der Waals surface area contributed by atoms with Gasteiger partial charge < -0.3 is 10.2 Å². The summed E-state index contributed by atoms with van der Waals surface area (Å²) in [5, 5.41) is 3.28. The van der Waals surface area contributed by atoms with Gasteiger partial charge >= 0.3 is 10.2 Å². The predicted octanol–water partition coefficient (Wildman–Crippen LogP) is 3.30. The van der Waals surface area contributed by atoms with E-state index in [9.17, 15) is 22.4 Å². The molecule has 0 saturated carbocycles. The molecule has 2 aromatic carbocycles. The molecule has 0 saturated heterocycles. The van der Waals surface area contributed by atoms with Crippen LogP contribution in [0.3, 0.4) is 0 Å². The second-order valence-electron chi connectivity index (χ2n) is 7.61. The number of likely N-dealkylation sites (N-methyl/N-ethyl adjacent to an activating group) is 1. The average Bonchev–Trinajstić information content (AvgIpc) is 2.78. The molecule has 0 radical (unpaired) electrons. The van der Waals surface area contributed by atoms with E-state index in [0.29, 0.717) is 17.1 Å².